The molecule has 23 heavy (non-hydrogen) atoms. The molecule has 1 aliphatic heterocycles. The van der Waals surface area contributed by atoms with Crippen molar-refractivity contribution < 1.29 is 14.3 Å². The first-order valence-corrected chi connectivity index (χ1v) is 8.86. The summed E-state index contributed by atoms with van der Waals surface area (Å²) in [5, 5.41) is 0. The fraction of sp³-hybridized carbons (Fsp3) is 0.833. The second-order valence-corrected chi connectivity index (χ2v) is 6.60. The van der Waals surface area contributed by atoms with E-state index in [2.05, 4.69) is 6.92 Å². The molecule has 0 bridgehead atoms. The van der Waals surface area contributed by atoms with Crippen LogP contribution in [0.2, 0.25) is 0 Å². The third-order valence-corrected chi connectivity index (χ3v) is 4.64. The van der Waals surface area contributed by atoms with Crippen LogP contribution >= 0.6 is 0 Å². The number of hydrogen-bond acceptors (Lipinski definition) is 5. The molecule has 0 radical (unpaired) electrons. The Morgan fingerprint density at radius 3 is 2.65 bits per heavy atom. The van der Waals surface area contributed by atoms with Gasteiger partial charge in [-0.05, 0) is 18.9 Å². The Morgan fingerprint density at radius 2 is 2.04 bits per heavy atom. The highest BCUT2D eigenvalue weighted by atomic mass is 16.5. The molecule has 5 heteroatoms. The minimum absolute atomic E-state index is 0.0512. The minimum atomic E-state index is -1.12. The van der Waals surface area contributed by atoms with E-state index in [9.17, 15) is 4.79 Å². The third kappa shape index (κ3) is 5.68. The number of Topliss-reactive ketones (excluding diaryl/α,β-unsaturated/α-hetero) is 1. The van der Waals surface area contributed by atoms with E-state index in [4.69, 9.17) is 20.9 Å². The highest BCUT2D eigenvalue weighted by molar-refractivity contribution is 5.85. The highest BCUT2D eigenvalue weighted by Gasteiger charge is 2.49. The molecule has 0 saturated carbocycles. The topological polar surface area (TPSA) is 87.6 Å². The largest absolute Gasteiger partial charge is 0.380 e. The molecular formula is C18H34N2O3. The van der Waals surface area contributed by atoms with Crippen LogP contribution in [-0.2, 0) is 14.3 Å². The van der Waals surface area contributed by atoms with Crippen LogP contribution in [0.25, 0.3) is 0 Å². The van der Waals surface area contributed by atoms with E-state index in [0.717, 1.165) is 12.8 Å². The molecular weight excluding hydrogens is 292 g/mol. The second kappa shape index (κ2) is 10.2. The van der Waals surface area contributed by atoms with Crippen LogP contribution in [-0.4, -0.2) is 37.9 Å². The first-order valence-electron chi connectivity index (χ1n) is 8.86. The van der Waals surface area contributed by atoms with Gasteiger partial charge in [0.25, 0.3) is 0 Å². The van der Waals surface area contributed by atoms with Crippen LogP contribution in [0.15, 0.2) is 12.2 Å². The van der Waals surface area contributed by atoms with E-state index < -0.39 is 11.6 Å². The fourth-order valence-corrected chi connectivity index (χ4v) is 3.26. The van der Waals surface area contributed by atoms with Gasteiger partial charge in [-0.15, -0.1) is 0 Å². The standard InChI is InChI=1S/C18H34N2O3/c1-4-5-6-7-8-9-10-11-18(20)16(15(21)12-19)17(22-3)14(2)13-23-18/h10-11,14,16-17H,4-9,12-13,19-20H2,1-3H3/t14-,16+,17-,18-/m0/s1. The lowest BCUT2D eigenvalue weighted by molar-refractivity contribution is -0.178. The van der Waals surface area contributed by atoms with Crippen molar-refractivity contribution in [2.45, 2.75) is 64.2 Å². The van der Waals surface area contributed by atoms with Gasteiger partial charge in [-0.25, -0.2) is 0 Å². The molecule has 4 atom stereocenters. The Hall–Kier alpha value is -0.750. The highest BCUT2D eigenvalue weighted by Crippen LogP contribution is 2.34. The number of methoxy groups -OCH3 is 1. The van der Waals surface area contributed by atoms with Crippen LogP contribution in [0.4, 0.5) is 0 Å². The van der Waals surface area contributed by atoms with Crippen LogP contribution in [0.1, 0.15) is 52.4 Å². The maximum absolute atomic E-state index is 12.3. The second-order valence-electron chi connectivity index (χ2n) is 6.60. The monoisotopic (exact) mass is 326 g/mol. The number of nitrogens with two attached hydrogens (primary N) is 2. The molecule has 0 aromatic heterocycles. The lowest BCUT2D eigenvalue weighted by Gasteiger charge is -2.45. The molecule has 0 spiro atoms. The summed E-state index contributed by atoms with van der Waals surface area (Å²) in [6.07, 6.45) is 10.7. The van der Waals surface area contributed by atoms with Crippen LogP contribution in [0, 0.1) is 11.8 Å². The van der Waals surface area contributed by atoms with E-state index in [0.29, 0.717) is 6.61 Å². The molecule has 0 unspecified atom stereocenters. The number of allylic oxidation sites excluding steroid dienone is 1. The number of unbranched alkanes of at least 4 members (excludes halogenated alkanes) is 5. The smallest absolute Gasteiger partial charge is 0.156 e. The summed E-state index contributed by atoms with van der Waals surface area (Å²) in [6, 6.07) is 0. The maximum atomic E-state index is 12.3. The molecule has 0 amide bonds. The van der Waals surface area contributed by atoms with E-state index >= 15 is 0 Å². The molecule has 1 rings (SSSR count). The zero-order valence-electron chi connectivity index (χ0n) is 14.9. The zero-order valence-corrected chi connectivity index (χ0v) is 14.9. The molecule has 0 aromatic carbocycles. The van der Waals surface area contributed by atoms with Crippen molar-refractivity contribution in [1.29, 1.82) is 0 Å². The molecule has 1 saturated heterocycles. The van der Waals surface area contributed by atoms with Crippen molar-refractivity contribution in [3.63, 3.8) is 0 Å². The van der Waals surface area contributed by atoms with Gasteiger partial charge in [-0.1, -0.05) is 45.6 Å². The molecule has 5 nitrogen and oxygen atoms in total. The summed E-state index contributed by atoms with van der Waals surface area (Å²) < 4.78 is 11.4. The van der Waals surface area contributed by atoms with Gasteiger partial charge in [0.05, 0.1) is 25.2 Å². The first kappa shape index (κ1) is 20.3. The molecule has 0 aromatic rings. The van der Waals surface area contributed by atoms with Crippen LogP contribution in [0.5, 0.6) is 0 Å². The van der Waals surface area contributed by atoms with E-state index in [-0.39, 0.29) is 24.3 Å². The Balaban J connectivity index is 2.69. The summed E-state index contributed by atoms with van der Waals surface area (Å²) in [4.78, 5) is 12.3. The first-order chi connectivity index (χ1) is 11.0. The van der Waals surface area contributed by atoms with Gasteiger partial charge < -0.3 is 15.2 Å². The van der Waals surface area contributed by atoms with E-state index in [1.54, 1.807) is 7.11 Å². The average molecular weight is 326 g/mol. The number of rotatable bonds is 10. The van der Waals surface area contributed by atoms with Gasteiger partial charge in [0.15, 0.2) is 5.78 Å². The van der Waals surface area contributed by atoms with Crippen LogP contribution < -0.4 is 11.5 Å². The van der Waals surface area contributed by atoms with Crippen molar-refractivity contribution in [2.24, 2.45) is 23.3 Å². The summed E-state index contributed by atoms with van der Waals surface area (Å²) >= 11 is 0. The molecule has 4 N–H and O–H groups in total. The summed E-state index contributed by atoms with van der Waals surface area (Å²) in [7, 11) is 1.61. The van der Waals surface area contributed by atoms with Gasteiger partial charge in [0.2, 0.25) is 0 Å². The fourth-order valence-electron chi connectivity index (χ4n) is 3.26. The Kier molecular flexibility index (Phi) is 8.99. The molecule has 1 heterocycles. The van der Waals surface area contributed by atoms with Gasteiger partial charge in [0, 0.05) is 13.0 Å². The summed E-state index contributed by atoms with van der Waals surface area (Å²) in [6.45, 7) is 4.64. The predicted molar refractivity (Wildman–Crippen MR) is 92.9 cm³/mol. The Morgan fingerprint density at radius 1 is 1.35 bits per heavy atom. The number of carbonyl (C=O) groups is 1. The third-order valence-electron chi connectivity index (χ3n) is 4.64. The lowest BCUT2D eigenvalue weighted by atomic mass is 9.78. The predicted octanol–water partition coefficient (Wildman–Crippen LogP) is 2.38. The zero-order chi connectivity index (χ0) is 17.3. The van der Waals surface area contributed by atoms with Crippen molar-refractivity contribution >= 4 is 5.78 Å². The van der Waals surface area contributed by atoms with Crippen LogP contribution in [0.3, 0.4) is 0 Å². The molecule has 0 aliphatic carbocycles. The minimum Gasteiger partial charge on any atom is -0.380 e. The number of carbonyl (C=O) groups excluding carboxylic acids is 1. The lowest BCUT2D eigenvalue weighted by Crippen LogP contribution is -2.62. The summed E-state index contributed by atoms with van der Waals surface area (Å²) in [5.41, 5.74) is 10.9. The quantitative estimate of drug-likeness (QED) is 0.475. The van der Waals surface area contributed by atoms with Crippen molar-refractivity contribution in [2.75, 3.05) is 20.3 Å². The Labute approximate surface area is 140 Å². The van der Waals surface area contributed by atoms with E-state index in [1.807, 2.05) is 19.1 Å². The Bertz CT molecular complexity index is 386. The number of ether oxygens (including phenoxy) is 2. The van der Waals surface area contributed by atoms with Crippen molar-refractivity contribution in [3.05, 3.63) is 12.2 Å². The maximum Gasteiger partial charge on any atom is 0.156 e. The number of ketones is 1. The molecule has 1 aliphatic rings. The van der Waals surface area contributed by atoms with E-state index in [1.165, 1.54) is 25.7 Å². The average Bonchev–Trinajstić information content (AvgIpc) is 2.55. The normalized spacial score (nSPS) is 31.6. The number of hydrogen-bond donors (Lipinski definition) is 2. The molecule has 1 fully saturated rings. The van der Waals surface area contributed by atoms with Gasteiger partial charge >= 0.3 is 0 Å². The van der Waals surface area contributed by atoms with Gasteiger partial charge in [-0.3, -0.25) is 10.5 Å². The van der Waals surface area contributed by atoms with Gasteiger partial charge in [0.1, 0.15) is 5.72 Å². The summed E-state index contributed by atoms with van der Waals surface area (Å²) in [5.74, 6) is -0.560. The molecule has 134 valence electrons. The van der Waals surface area contributed by atoms with Crippen molar-refractivity contribution in [1.82, 2.24) is 0 Å². The van der Waals surface area contributed by atoms with Gasteiger partial charge in [-0.2, -0.15) is 0 Å². The SMILES string of the molecule is CCCCCCCC=C[C@]1(N)OC[C@H](C)[C@H](OC)[C@H]1C(=O)CN. The van der Waals surface area contributed by atoms with Crippen molar-refractivity contribution in [3.8, 4) is 0 Å².